The Labute approximate surface area is 130 Å². The highest BCUT2D eigenvalue weighted by Gasteiger charge is 2.23. The molecule has 1 aromatic heterocycles. The third-order valence-corrected chi connectivity index (χ3v) is 3.72. The minimum absolute atomic E-state index is 0.0715. The molecule has 0 spiro atoms. The Morgan fingerprint density at radius 3 is 2.57 bits per heavy atom. The number of ether oxygens (including phenoxy) is 1. The van der Waals surface area contributed by atoms with E-state index in [1.54, 1.807) is 6.20 Å². The van der Waals surface area contributed by atoms with Crippen LogP contribution in [0.3, 0.4) is 0 Å². The minimum atomic E-state index is 0.0715. The molecule has 4 heteroatoms. The summed E-state index contributed by atoms with van der Waals surface area (Å²) in [6.07, 6.45) is 4.47. The Morgan fingerprint density at radius 2 is 2.00 bits per heavy atom. The summed E-state index contributed by atoms with van der Waals surface area (Å²) in [6.45, 7) is 2.96. The van der Waals surface area contributed by atoms with Crippen LogP contribution in [0.4, 0.5) is 0 Å². The van der Waals surface area contributed by atoms with Gasteiger partial charge in [-0.2, -0.15) is 0 Å². The molecule has 3 nitrogen and oxygen atoms in total. The van der Waals surface area contributed by atoms with Gasteiger partial charge in [0.05, 0.1) is 22.9 Å². The summed E-state index contributed by atoms with van der Waals surface area (Å²) < 4.78 is 5.79. The van der Waals surface area contributed by atoms with Crippen molar-refractivity contribution in [2.45, 2.75) is 31.9 Å². The van der Waals surface area contributed by atoms with Gasteiger partial charge >= 0.3 is 0 Å². The summed E-state index contributed by atoms with van der Waals surface area (Å²) in [5.41, 5.74) is 2.15. The van der Waals surface area contributed by atoms with Gasteiger partial charge in [0.1, 0.15) is 5.75 Å². The normalized spacial score (nSPS) is 15.7. The van der Waals surface area contributed by atoms with E-state index in [4.69, 9.17) is 16.3 Å². The van der Waals surface area contributed by atoms with Crippen LogP contribution >= 0.6 is 11.6 Å². The Kier molecular flexibility index (Phi) is 4.42. The molecule has 3 rings (SSSR count). The number of hydrogen-bond donors (Lipinski definition) is 1. The van der Waals surface area contributed by atoms with Gasteiger partial charge in [-0.15, -0.1) is 0 Å². The maximum Gasteiger partial charge on any atom is 0.119 e. The zero-order valence-electron chi connectivity index (χ0n) is 12.1. The van der Waals surface area contributed by atoms with E-state index < -0.39 is 0 Å². The third kappa shape index (κ3) is 3.74. The van der Waals surface area contributed by atoms with E-state index in [2.05, 4.69) is 29.4 Å². The number of aromatic nitrogens is 1. The molecule has 0 aliphatic heterocycles. The Morgan fingerprint density at radius 1 is 1.24 bits per heavy atom. The van der Waals surface area contributed by atoms with Gasteiger partial charge in [-0.05, 0) is 49.2 Å². The van der Waals surface area contributed by atoms with Crippen LogP contribution in [-0.2, 0) is 0 Å². The maximum absolute atomic E-state index is 5.92. The Bertz CT molecular complexity index is 579. The van der Waals surface area contributed by atoms with Crippen LogP contribution in [0.5, 0.6) is 5.75 Å². The second kappa shape index (κ2) is 6.46. The van der Waals surface area contributed by atoms with Crippen LogP contribution in [0.2, 0.25) is 5.02 Å². The number of nitrogens with zero attached hydrogens (tertiary/aromatic N) is 1. The van der Waals surface area contributed by atoms with Crippen LogP contribution in [0.15, 0.2) is 42.6 Å². The average Bonchev–Trinajstić information content (AvgIpc) is 3.31. The molecule has 21 heavy (non-hydrogen) atoms. The quantitative estimate of drug-likeness (QED) is 0.876. The van der Waals surface area contributed by atoms with E-state index in [0.717, 1.165) is 18.0 Å². The molecule has 1 aromatic carbocycles. The van der Waals surface area contributed by atoms with Gasteiger partial charge in [0, 0.05) is 6.20 Å². The number of pyridine rings is 1. The molecule has 1 saturated carbocycles. The molecule has 0 radical (unpaired) electrons. The fourth-order valence-electron chi connectivity index (χ4n) is 2.27. The van der Waals surface area contributed by atoms with E-state index in [1.807, 2.05) is 24.3 Å². The number of nitrogens with one attached hydrogen (secondary N) is 1. The SMILES string of the molecule is CCNC(c1ccc(OC2CC2)cc1)c1ccc(Cl)cn1. The van der Waals surface area contributed by atoms with Crippen molar-refractivity contribution in [3.63, 3.8) is 0 Å². The lowest BCUT2D eigenvalue weighted by molar-refractivity contribution is 0.303. The first kappa shape index (κ1) is 14.4. The second-order valence-corrected chi connectivity index (χ2v) is 5.71. The van der Waals surface area contributed by atoms with Gasteiger partial charge < -0.3 is 10.1 Å². The number of benzene rings is 1. The topological polar surface area (TPSA) is 34.1 Å². The zero-order chi connectivity index (χ0) is 14.7. The van der Waals surface area contributed by atoms with E-state index in [1.165, 1.54) is 18.4 Å². The van der Waals surface area contributed by atoms with Crippen molar-refractivity contribution in [1.82, 2.24) is 10.3 Å². The lowest BCUT2D eigenvalue weighted by Crippen LogP contribution is -2.22. The zero-order valence-corrected chi connectivity index (χ0v) is 12.8. The van der Waals surface area contributed by atoms with Crippen LogP contribution < -0.4 is 10.1 Å². The molecule has 1 fully saturated rings. The fraction of sp³-hybridized carbons (Fsp3) is 0.353. The molecule has 1 N–H and O–H groups in total. The molecule has 1 heterocycles. The van der Waals surface area contributed by atoms with Crippen molar-refractivity contribution in [2.75, 3.05) is 6.54 Å². The van der Waals surface area contributed by atoms with Crippen molar-refractivity contribution >= 4 is 11.6 Å². The van der Waals surface area contributed by atoms with Crippen molar-refractivity contribution < 1.29 is 4.74 Å². The summed E-state index contributed by atoms with van der Waals surface area (Å²) in [5.74, 6) is 0.945. The first-order chi connectivity index (χ1) is 10.3. The highest BCUT2D eigenvalue weighted by molar-refractivity contribution is 6.30. The van der Waals surface area contributed by atoms with Crippen molar-refractivity contribution in [3.8, 4) is 5.75 Å². The van der Waals surface area contributed by atoms with Crippen LogP contribution in [-0.4, -0.2) is 17.6 Å². The fourth-order valence-corrected chi connectivity index (χ4v) is 2.38. The van der Waals surface area contributed by atoms with Crippen molar-refractivity contribution in [1.29, 1.82) is 0 Å². The monoisotopic (exact) mass is 302 g/mol. The van der Waals surface area contributed by atoms with Gasteiger partial charge in [-0.1, -0.05) is 30.7 Å². The lowest BCUT2D eigenvalue weighted by Gasteiger charge is -2.18. The van der Waals surface area contributed by atoms with Crippen LogP contribution in [0.25, 0.3) is 0 Å². The van der Waals surface area contributed by atoms with Crippen LogP contribution in [0.1, 0.15) is 37.1 Å². The van der Waals surface area contributed by atoms with E-state index in [-0.39, 0.29) is 6.04 Å². The number of hydrogen-bond acceptors (Lipinski definition) is 3. The summed E-state index contributed by atoms with van der Waals surface area (Å²) >= 11 is 5.92. The third-order valence-electron chi connectivity index (χ3n) is 3.49. The van der Waals surface area contributed by atoms with E-state index >= 15 is 0 Å². The molecule has 1 unspecified atom stereocenters. The van der Waals surface area contributed by atoms with Crippen molar-refractivity contribution in [3.05, 3.63) is 58.9 Å². The standard InChI is InChI=1S/C17H19ClN2O/c1-2-19-17(16-10-5-13(18)11-20-16)12-3-6-14(7-4-12)21-15-8-9-15/h3-7,10-11,15,17,19H,2,8-9H2,1H3. The lowest BCUT2D eigenvalue weighted by atomic mass is 10.0. The first-order valence-corrected chi connectivity index (χ1v) is 7.75. The first-order valence-electron chi connectivity index (χ1n) is 7.37. The number of rotatable bonds is 6. The highest BCUT2D eigenvalue weighted by atomic mass is 35.5. The second-order valence-electron chi connectivity index (χ2n) is 5.28. The van der Waals surface area contributed by atoms with Gasteiger partial charge in [0.2, 0.25) is 0 Å². The van der Waals surface area contributed by atoms with E-state index in [9.17, 15) is 0 Å². The molecule has 0 saturated heterocycles. The molecule has 2 aromatic rings. The molecule has 110 valence electrons. The largest absolute Gasteiger partial charge is 0.490 e. The summed E-state index contributed by atoms with van der Waals surface area (Å²) in [7, 11) is 0. The predicted octanol–water partition coefficient (Wildman–Crippen LogP) is 3.98. The Balaban J connectivity index is 1.80. The minimum Gasteiger partial charge on any atom is -0.490 e. The Hall–Kier alpha value is -1.58. The molecule has 0 bridgehead atoms. The molecule has 1 aliphatic carbocycles. The van der Waals surface area contributed by atoms with Gasteiger partial charge in [-0.25, -0.2) is 0 Å². The maximum atomic E-state index is 5.92. The molecule has 1 atom stereocenters. The average molecular weight is 303 g/mol. The van der Waals surface area contributed by atoms with Crippen LogP contribution in [0, 0.1) is 0 Å². The van der Waals surface area contributed by atoms with Gasteiger partial charge in [0.25, 0.3) is 0 Å². The summed E-state index contributed by atoms with van der Waals surface area (Å²) in [6, 6.07) is 12.2. The van der Waals surface area contributed by atoms with Gasteiger partial charge in [-0.3, -0.25) is 4.98 Å². The summed E-state index contributed by atoms with van der Waals surface area (Å²) in [5, 5.41) is 4.12. The highest BCUT2D eigenvalue weighted by Crippen LogP contribution is 2.28. The summed E-state index contributed by atoms with van der Waals surface area (Å²) in [4.78, 5) is 4.43. The van der Waals surface area contributed by atoms with Gasteiger partial charge in [0.15, 0.2) is 0 Å². The molecule has 0 amide bonds. The predicted molar refractivity (Wildman–Crippen MR) is 84.9 cm³/mol. The number of halogens is 1. The molecular formula is C17H19ClN2O. The van der Waals surface area contributed by atoms with Crippen molar-refractivity contribution in [2.24, 2.45) is 0 Å². The molecule has 1 aliphatic rings. The smallest absolute Gasteiger partial charge is 0.119 e. The molecular weight excluding hydrogens is 284 g/mol. The van der Waals surface area contributed by atoms with E-state index in [0.29, 0.717) is 11.1 Å².